The number of aromatic nitrogens is 2. The molecule has 78 valence electrons. The predicted octanol–water partition coefficient (Wildman–Crippen LogP) is 2.48. The van der Waals surface area contributed by atoms with E-state index in [1.165, 1.54) is 11.5 Å². The van der Waals surface area contributed by atoms with Crippen molar-refractivity contribution in [2.24, 2.45) is 0 Å². The Balaban J connectivity index is 2.09. The number of halogens is 1. The van der Waals surface area contributed by atoms with Crippen LogP contribution in [0.1, 0.15) is 32.0 Å². The smallest absolute Gasteiger partial charge is 0.205 e. The fraction of sp³-hybridized carbons (Fsp3) is 0.778. The molecule has 2 heterocycles. The van der Waals surface area contributed by atoms with Crippen LogP contribution in [-0.4, -0.2) is 27.8 Å². The lowest BCUT2D eigenvalue weighted by molar-refractivity contribution is 0.794. The van der Waals surface area contributed by atoms with Gasteiger partial charge in [0.2, 0.25) is 5.13 Å². The molecule has 1 aromatic rings. The first-order valence-corrected chi connectivity index (χ1v) is 6.10. The van der Waals surface area contributed by atoms with E-state index < -0.39 is 0 Å². The maximum atomic E-state index is 6.04. The van der Waals surface area contributed by atoms with Gasteiger partial charge >= 0.3 is 0 Å². The molecule has 1 unspecified atom stereocenters. The van der Waals surface area contributed by atoms with Gasteiger partial charge in [-0.25, -0.2) is 4.98 Å². The van der Waals surface area contributed by atoms with Gasteiger partial charge in [0.25, 0.3) is 0 Å². The van der Waals surface area contributed by atoms with Gasteiger partial charge in [-0.1, -0.05) is 13.8 Å². The summed E-state index contributed by atoms with van der Waals surface area (Å²) in [6.45, 7) is 6.15. The van der Waals surface area contributed by atoms with Crippen LogP contribution in [0.25, 0.3) is 0 Å². The highest BCUT2D eigenvalue weighted by Gasteiger charge is 2.23. The third-order valence-electron chi connectivity index (χ3n) is 2.35. The molecule has 3 nitrogen and oxygen atoms in total. The van der Waals surface area contributed by atoms with Gasteiger partial charge in [0.15, 0.2) is 0 Å². The fourth-order valence-electron chi connectivity index (χ4n) is 1.48. The third kappa shape index (κ3) is 2.01. The topological polar surface area (TPSA) is 29.0 Å². The molecule has 5 heteroatoms. The zero-order chi connectivity index (χ0) is 10.1. The Morgan fingerprint density at radius 3 is 2.86 bits per heavy atom. The van der Waals surface area contributed by atoms with E-state index in [-0.39, 0.29) is 5.38 Å². The van der Waals surface area contributed by atoms with E-state index in [0.717, 1.165) is 30.5 Å². The minimum atomic E-state index is 0.279. The fourth-order valence-corrected chi connectivity index (χ4v) is 2.59. The minimum Gasteiger partial charge on any atom is -0.345 e. The normalized spacial score (nSPS) is 22.3. The van der Waals surface area contributed by atoms with Crippen molar-refractivity contribution in [2.45, 2.75) is 31.6 Å². The maximum absolute atomic E-state index is 6.04. The molecule has 1 aliphatic heterocycles. The molecule has 0 radical (unpaired) electrons. The second-order valence-corrected chi connectivity index (χ2v) is 5.27. The summed E-state index contributed by atoms with van der Waals surface area (Å²) in [6.07, 6.45) is 1.05. The van der Waals surface area contributed by atoms with E-state index >= 15 is 0 Å². The molecule has 1 atom stereocenters. The van der Waals surface area contributed by atoms with E-state index in [2.05, 4.69) is 28.1 Å². The summed E-state index contributed by atoms with van der Waals surface area (Å²) in [5.41, 5.74) is 0. The van der Waals surface area contributed by atoms with E-state index in [1.807, 2.05) is 0 Å². The average molecular weight is 232 g/mol. The summed E-state index contributed by atoms with van der Waals surface area (Å²) in [5, 5.41) is 1.30. The molecule has 0 amide bonds. The SMILES string of the molecule is CC(C)c1nsc(N2CCC(Cl)C2)n1. The van der Waals surface area contributed by atoms with Crippen LogP contribution < -0.4 is 4.90 Å². The number of hydrogen-bond donors (Lipinski definition) is 0. The van der Waals surface area contributed by atoms with Gasteiger partial charge in [0, 0.05) is 30.5 Å². The molecule has 1 aliphatic rings. The van der Waals surface area contributed by atoms with Crippen molar-refractivity contribution in [1.82, 2.24) is 9.36 Å². The quantitative estimate of drug-likeness (QED) is 0.733. The third-order valence-corrected chi connectivity index (χ3v) is 3.50. The first-order valence-electron chi connectivity index (χ1n) is 4.89. The van der Waals surface area contributed by atoms with Crippen LogP contribution in [0.3, 0.4) is 0 Å². The predicted molar refractivity (Wildman–Crippen MR) is 60.5 cm³/mol. The summed E-state index contributed by atoms with van der Waals surface area (Å²) in [5.74, 6) is 1.36. The first kappa shape index (κ1) is 10.2. The molecule has 0 spiro atoms. The van der Waals surface area contributed by atoms with Gasteiger partial charge in [0.05, 0.1) is 5.38 Å². The number of anilines is 1. The molecule has 2 rings (SSSR count). The molecular formula is C9H14ClN3S. The number of hydrogen-bond acceptors (Lipinski definition) is 4. The second kappa shape index (κ2) is 4.03. The zero-order valence-corrected chi connectivity index (χ0v) is 9.98. The molecule has 0 bridgehead atoms. The van der Waals surface area contributed by atoms with Crippen molar-refractivity contribution in [3.05, 3.63) is 5.82 Å². The summed E-state index contributed by atoms with van der Waals surface area (Å²) >= 11 is 7.52. The Morgan fingerprint density at radius 1 is 1.57 bits per heavy atom. The molecule has 1 fully saturated rings. The Kier molecular flexibility index (Phi) is 2.93. The second-order valence-electron chi connectivity index (χ2n) is 3.92. The van der Waals surface area contributed by atoms with Crippen molar-refractivity contribution in [3.8, 4) is 0 Å². The molecule has 1 aromatic heterocycles. The summed E-state index contributed by atoms with van der Waals surface area (Å²) in [4.78, 5) is 6.72. The van der Waals surface area contributed by atoms with Crippen LogP contribution in [0.4, 0.5) is 5.13 Å². The average Bonchev–Trinajstić information content (AvgIpc) is 2.70. The minimum absolute atomic E-state index is 0.279. The molecular weight excluding hydrogens is 218 g/mol. The van der Waals surface area contributed by atoms with Crippen molar-refractivity contribution in [2.75, 3.05) is 18.0 Å². The van der Waals surface area contributed by atoms with E-state index in [0.29, 0.717) is 5.92 Å². The molecule has 14 heavy (non-hydrogen) atoms. The number of nitrogens with zero attached hydrogens (tertiary/aromatic N) is 3. The van der Waals surface area contributed by atoms with Crippen LogP contribution in [0.5, 0.6) is 0 Å². The lowest BCUT2D eigenvalue weighted by Gasteiger charge is -2.11. The Hall–Kier alpha value is -0.350. The van der Waals surface area contributed by atoms with Crippen LogP contribution in [-0.2, 0) is 0 Å². The van der Waals surface area contributed by atoms with Gasteiger partial charge in [-0.05, 0) is 6.42 Å². The Labute approximate surface area is 93.3 Å². The molecule has 0 saturated carbocycles. The summed E-state index contributed by atoms with van der Waals surface area (Å²) in [7, 11) is 0. The van der Waals surface area contributed by atoms with Gasteiger partial charge < -0.3 is 4.90 Å². The van der Waals surface area contributed by atoms with E-state index in [9.17, 15) is 0 Å². The molecule has 0 N–H and O–H groups in total. The van der Waals surface area contributed by atoms with Crippen LogP contribution >= 0.6 is 23.1 Å². The molecule has 0 aliphatic carbocycles. The number of rotatable bonds is 2. The van der Waals surface area contributed by atoms with E-state index in [4.69, 9.17) is 11.6 Å². The van der Waals surface area contributed by atoms with Gasteiger partial charge in [-0.15, -0.1) is 11.6 Å². The van der Waals surface area contributed by atoms with Crippen molar-refractivity contribution in [1.29, 1.82) is 0 Å². The van der Waals surface area contributed by atoms with Crippen molar-refractivity contribution in [3.63, 3.8) is 0 Å². The monoisotopic (exact) mass is 231 g/mol. The van der Waals surface area contributed by atoms with Crippen molar-refractivity contribution >= 4 is 28.3 Å². The first-order chi connectivity index (χ1) is 6.66. The standard InChI is InChI=1S/C9H14ClN3S/c1-6(2)8-11-9(14-12-8)13-4-3-7(10)5-13/h6-7H,3-5H2,1-2H3. The lowest BCUT2D eigenvalue weighted by Crippen LogP contribution is -2.19. The number of alkyl halides is 1. The lowest BCUT2D eigenvalue weighted by atomic mass is 10.2. The zero-order valence-electron chi connectivity index (χ0n) is 8.40. The summed E-state index contributed by atoms with van der Waals surface area (Å²) < 4.78 is 4.33. The largest absolute Gasteiger partial charge is 0.345 e. The Bertz CT molecular complexity index is 313. The van der Waals surface area contributed by atoms with Gasteiger partial charge in [-0.3, -0.25) is 0 Å². The highest BCUT2D eigenvalue weighted by molar-refractivity contribution is 7.09. The van der Waals surface area contributed by atoms with Gasteiger partial charge in [0.1, 0.15) is 5.82 Å². The van der Waals surface area contributed by atoms with E-state index in [1.54, 1.807) is 0 Å². The molecule has 0 aromatic carbocycles. The highest BCUT2D eigenvalue weighted by Crippen LogP contribution is 2.26. The van der Waals surface area contributed by atoms with Gasteiger partial charge in [-0.2, -0.15) is 4.37 Å². The van der Waals surface area contributed by atoms with Crippen molar-refractivity contribution < 1.29 is 0 Å². The Morgan fingerprint density at radius 2 is 2.36 bits per heavy atom. The van der Waals surface area contributed by atoms with Crippen LogP contribution in [0.15, 0.2) is 0 Å². The van der Waals surface area contributed by atoms with Crippen LogP contribution in [0, 0.1) is 0 Å². The molecule has 1 saturated heterocycles. The van der Waals surface area contributed by atoms with Crippen LogP contribution in [0.2, 0.25) is 0 Å². The maximum Gasteiger partial charge on any atom is 0.205 e. The highest BCUT2D eigenvalue weighted by atomic mass is 35.5. The summed E-state index contributed by atoms with van der Waals surface area (Å²) in [6, 6.07) is 0.